The highest BCUT2D eigenvalue weighted by atomic mass is 32.1. The van der Waals surface area contributed by atoms with Crippen molar-refractivity contribution in [2.24, 2.45) is 0 Å². The number of rotatable bonds is 2. The van der Waals surface area contributed by atoms with Gasteiger partial charge in [0, 0.05) is 25.6 Å². The molecular weight excluding hydrogens is 549 g/mol. The Morgan fingerprint density at radius 1 is 0.500 bits per heavy atom. The van der Waals surface area contributed by atoms with Crippen LogP contribution in [0.5, 0.6) is 0 Å². The molecule has 1 aliphatic rings. The van der Waals surface area contributed by atoms with Crippen molar-refractivity contribution in [3.05, 3.63) is 119 Å². The molecule has 0 N–H and O–H groups in total. The van der Waals surface area contributed by atoms with Crippen LogP contribution in [0.15, 0.2) is 97.1 Å². The molecule has 1 heterocycles. The van der Waals surface area contributed by atoms with Crippen molar-refractivity contribution in [2.45, 2.75) is 58.8 Å². The maximum atomic E-state index is 2.48. The van der Waals surface area contributed by atoms with Crippen molar-refractivity contribution in [1.82, 2.24) is 0 Å². The molecule has 1 heteroatoms. The molecule has 0 fully saturated rings. The van der Waals surface area contributed by atoms with Crippen LogP contribution >= 0.6 is 11.3 Å². The highest BCUT2D eigenvalue weighted by molar-refractivity contribution is 7.26. The fraction of sp³-hybridized carbons (Fsp3) is 0.209. The molecule has 44 heavy (non-hydrogen) atoms. The van der Waals surface area contributed by atoms with Gasteiger partial charge in [0.2, 0.25) is 0 Å². The smallest absolute Gasteiger partial charge is 0.0402 e. The molecule has 0 bridgehead atoms. The van der Waals surface area contributed by atoms with E-state index in [1.165, 1.54) is 96.6 Å². The summed E-state index contributed by atoms with van der Waals surface area (Å²) < 4.78 is 2.85. The number of fused-ring (bicyclic) bond motifs is 17. The summed E-state index contributed by atoms with van der Waals surface area (Å²) in [5.74, 6) is 1.01. The molecular formula is C43H36S. The Kier molecular flexibility index (Phi) is 5.32. The standard InChI is InChI=1S/C43H36S/c1-23(2)25-16-18-32-35(21-25)27-11-7-8-12-29(27)39-37(32)30-13-9-10-14-31(30)38-34-20-19-33-28-17-15-26(24(3)4)22-36(28)44-42(33)40(34)43(5,6)41(38)39/h7-24H,1-6H3. The highest BCUT2D eigenvalue weighted by Gasteiger charge is 2.41. The summed E-state index contributed by atoms with van der Waals surface area (Å²) in [6.45, 7) is 14.1. The normalized spacial score (nSPS) is 14.3. The van der Waals surface area contributed by atoms with E-state index in [4.69, 9.17) is 0 Å². The Morgan fingerprint density at radius 3 is 1.77 bits per heavy atom. The second-order valence-corrected chi connectivity index (χ2v) is 15.1. The van der Waals surface area contributed by atoms with Crippen LogP contribution in [0.1, 0.15) is 75.6 Å². The Balaban J connectivity index is 1.50. The third kappa shape index (κ3) is 3.29. The maximum absolute atomic E-state index is 2.48. The summed E-state index contributed by atoms with van der Waals surface area (Å²) >= 11 is 1.99. The molecule has 1 aromatic heterocycles. The van der Waals surface area contributed by atoms with Gasteiger partial charge in [-0.2, -0.15) is 0 Å². The van der Waals surface area contributed by atoms with Gasteiger partial charge in [0.15, 0.2) is 0 Å². The van der Waals surface area contributed by atoms with Crippen LogP contribution in [-0.2, 0) is 5.41 Å². The second-order valence-electron chi connectivity index (χ2n) is 14.1. The minimum absolute atomic E-state index is 0.164. The van der Waals surface area contributed by atoms with Gasteiger partial charge in [0.05, 0.1) is 0 Å². The van der Waals surface area contributed by atoms with E-state index >= 15 is 0 Å². The van der Waals surface area contributed by atoms with Crippen molar-refractivity contribution in [3.8, 4) is 11.1 Å². The number of benzene rings is 7. The summed E-state index contributed by atoms with van der Waals surface area (Å²) in [4.78, 5) is 0. The lowest BCUT2D eigenvalue weighted by Gasteiger charge is -2.26. The molecule has 214 valence electrons. The van der Waals surface area contributed by atoms with Crippen molar-refractivity contribution in [2.75, 3.05) is 0 Å². The van der Waals surface area contributed by atoms with Gasteiger partial charge < -0.3 is 0 Å². The summed E-state index contributed by atoms with van der Waals surface area (Å²) in [7, 11) is 0. The quantitative estimate of drug-likeness (QED) is 0.177. The summed E-state index contributed by atoms with van der Waals surface area (Å²) in [5, 5.41) is 13.8. The average Bonchev–Trinajstić information content (AvgIpc) is 3.52. The van der Waals surface area contributed by atoms with Gasteiger partial charge in [-0.1, -0.05) is 133 Å². The molecule has 8 aromatic rings. The van der Waals surface area contributed by atoms with Crippen molar-refractivity contribution >= 4 is 74.6 Å². The summed E-state index contributed by atoms with van der Waals surface area (Å²) in [6.07, 6.45) is 0. The van der Waals surface area contributed by atoms with Crippen molar-refractivity contribution in [3.63, 3.8) is 0 Å². The van der Waals surface area contributed by atoms with Crippen molar-refractivity contribution in [1.29, 1.82) is 0 Å². The molecule has 0 aliphatic heterocycles. The first-order valence-electron chi connectivity index (χ1n) is 16.1. The first-order chi connectivity index (χ1) is 21.3. The lowest BCUT2D eigenvalue weighted by atomic mass is 9.77. The van der Waals surface area contributed by atoms with Gasteiger partial charge >= 0.3 is 0 Å². The molecule has 0 saturated heterocycles. The van der Waals surface area contributed by atoms with E-state index in [0.29, 0.717) is 11.8 Å². The molecule has 0 atom stereocenters. The third-order valence-electron chi connectivity index (χ3n) is 10.5. The van der Waals surface area contributed by atoms with E-state index in [2.05, 4.69) is 139 Å². The van der Waals surface area contributed by atoms with Crippen molar-refractivity contribution < 1.29 is 0 Å². The van der Waals surface area contributed by atoms with E-state index in [9.17, 15) is 0 Å². The van der Waals surface area contributed by atoms with Gasteiger partial charge in [0.25, 0.3) is 0 Å². The monoisotopic (exact) mass is 584 g/mol. The Hall–Kier alpha value is -4.20. The molecule has 0 saturated carbocycles. The van der Waals surface area contributed by atoms with Gasteiger partial charge in [-0.15, -0.1) is 11.3 Å². The van der Waals surface area contributed by atoms with Crippen LogP contribution < -0.4 is 0 Å². The van der Waals surface area contributed by atoms with Crippen LogP contribution in [0.2, 0.25) is 0 Å². The lowest BCUT2D eigenvalue weighted by molar-refractivity contribution is 0.674. The Morgan fingerprint density at radius 2 is 1.07 bits per heavy atom. The molecule has 0 spiro atoms. The minimum Gasteiger partial charge on any atom is -0.135 e. The zero-order valence-electron chi connectivity index (χ0n) is 26.3. The van der Waals surface area contributed by atoms with Crippen LogP contribution in [0.25, 0.3) is 74.4 Å². The minimum atomic E-state index is -0.164. The van der Waals surface area contributed by atoms with Gasteiger partial charge in [-0.25, -0.2) is 0 Å². The number of hydrogen-bond donors (Lipinski definition) is 0. The number of thiophene rings is 1. The van der Waals surface area contributed by atoms with E-state index in [0.717, 1.165) is 0 Å². The van der Waals surface area contributed by atoms with E-state index in [1.807, 2.05) is 11.3 Å². The molecule has 0 amide bonds. The zero-order valence-corrected chi connectivity index (χ0v) is 27.1. The van der Waals surface area contributed by atoms with Gasteiger partial charge in [0.1, 0.15) is 0 Å². The van der Waals surface area contributed by atoms with Crippen LogP contribution in [-0.4, -0.2) is 0 Å². The molecule has 0 unspecified atom stereocenters. The third-order valence-corrected chi connectivity index (χ3v) is 11.7. The van der Waals surface area contributed by atoms with Crippen LogP contribution in [0, 0.1) is 0 Å². The molecule has 0 nitrogen and oxygen atoms in total. The van der Waals surface area contributed by atoms with Crippen LogP contribution in [0.4, 0.5) is 0 Å². The molecule has 0 radical (unpaired) electrons. The van der Waals surface area contributed by atoms with E-state index in [-0.39, 0.29) is 5.41 Å². The van der Waals surface area contributed by atoms with E-state index < -0.39 is 0 Å². The first-order valence-corrected chi connectivity index (χ1v) is 16.9. The fourth-order valence-electron chi connectivity index (χ4n) is 8.36. The van der Waals surface area contributed by atoms with Gasteiger partial charge in [-0.3, -0.25) is 0 Å². The topological polar surface area (TPSA) is 0 Å². The molecule has 1 aliphatic carbocycles. The van der Waals surface area contributed by atoms with Gasteiger partial charge in [-0.05, 0) is 94.4 Å². The SMILES string of the molecule is CC(C)c1ccc2c(c1)sc1c3c(ccc12)-c1c(c2c4ccccc4c4cc(C(C)C)ccc4c2c2ccccc12)C3(C)C. The molecule has 7 aromatic carbocycles. The van der Waals surface area contributed by atoms with E-state index in [1.54, 1.807) is 0 Å². The largest absolute Gasteiger partial charge is 0.135 e. The average molecular weight is 585 g/mol. The second kappa shape index (κ2) is 8.93. The fourth-order valence-corrected chi connectivity index (χ4v) is 9.82. The Bertz CT molecular complexity index is 2520. The lowest BCUT2D eigenvalue weighted by Crippen LogP contribution is -2.16. The zero-order chi connectivity index (χ0) is 30.1. The molecule has 9 rings (SSSR count). The van der Waals surface area contributed by atoms with Crippen LogP contribution in [0.3, 0.4) is 0 Å². The first kappa shape index (κ1) is 26.2. The Labute approximate surface area is 262 Å². The highest BCUT2D eigenvalue weighted by Crippen LogP contribution is 2.59. The maximum Gasteiger partial charge on any atom is 0.0402 e. The summed E-state index contributed by atoms with van der Waals surface area (Å²) in [6, 6.07) is 37.5. The predicted octanol–water partition coefficient (Wildman–Crippen LogP) is 13.2. The predicted molar refractivity (Wildman–Crippen MR) is 195 cm³/mol. The number of hydrogen-bond acceptors (Lipinski definition) is 1. The summed E-state index contributed by atoms with van der Waals surface area (Å²) in [5.41, 5.74) is 8.47.